The first kappa shape index (κ1) is 22.2. The first-order chi connectivity index (χ1) is 14.0. The Hall–Kier alpha value is -2.49. The number of nitrogens with zero attached hydrogens (tertiary/aromatic N) is 4. The number of hydrogen-bond acceptors (Lipinski definition) is 6. The highest BCUT2D eigenvalue weighted by Crippen LogP contribution is 2.29. The minimum Gasteiger partial charge on any atom is -0.444 e. The minimum absolute atomic E-state index is 0.0195. The average Bonchev–Trinajstić information content (AvgIpc) is 2.66. The topological polar surface area (TPSA) is 79.2 Å². The molecule has 8 nitrogen and oxygen atoms in total. The number of non-ortho nitro benzene ring substituents is 1. The second kappa shape index (κ2) is 8.71. The number of amides is 1. The fourth-order valence-corrected chi connectivity index (χ4v) is 3.95. The van der Waals surface area contributed by atoms with Gasteiger partial charge in [0, 0.05) is 44.8 Å². The first-order valence-corrected chi connectivity index (χ1v) is 10.1. The summed E-state index contributed by atoms with van der Waals surface area (Å²) in [7, 11) is 0. The van der Waals surface area contributed by atoms with Gasteiger partial charge in [-0.2, -0.15) is 0 Å². The highest BCUT2D eigenvalue weighted by molar-refractivity contribution is 5.68. The maximum Gasteiger partial charge on any atom is 0.410 e. The number of halogens is 2. The molecule has 166 valence electrons. The zero-order valence-corrected chi connectivity index (χ0v) is 17.5. The summed E-state index contributed by atoms with van der Waals surface area (Å²) in [5.41, 5.74) is -0.708. The van der Waals surface area contributed by atoms with Gasteiger partial charge in [0.1, 0.15) is 11.8 Å². The summed E-state index contributed by atoms with van der Waals surface area (Å²) in [5.74, 6) is -0.721. The van der Waals surface area contributed by atoms with E-state index >= 15 is 0 Å². The quantitative estimate of drug-likeness (QED) is 0.546. The molecule has 2 aliphatic rings. The Bertz CT molecular complexity index is 794. The molecule has 2 atom stereocenters. The van der Waals surface area contributed by atoms with E-state index in [1.54, 1.807) is 9.80 Å². The van der Waals surface area contributed by atoms with Gasteiger partial charge in [0.05, 0.1) is 23.2 Å². The number of alkyl halides is 1. The van der Waals surface area contributed by atoms with Crippen molar-refractivity contribution in [3.63, 3.8) is 0 Å². The number of nitro groups is 1. The molecule has 0 N–H and O–H groups in total. The van der Waals surface area contributed by atoms with E-state index in [-0.39, 0.29) is 30.1 Å². The zero-order chi connectivity index (χ0) is 22.1. The second-order valence-corrected chi connectivity index (χ2v) is 8.71. The van der Waals surface area contributed by atoms with Gasteiger partial charge < -0.3 is 14.5 Å². The third-order valence-corrected chi connectivity index (χ3v) is 5.42. The molecule has 3 rings (SSSR count). The monoisotopic (exact) mass is 426 g/mol. The molecule has 0 bridgehead atoms. The lowest BCUT2D eigenvalue weighted by atomic mass is 9.99. The fourth-order valence-electron chi connectivity index (χ4n) is 3.95. The average molecular weight is 426 g/mol. The normalized spacial score (nSPS) is 23.4. The molecule has 0 saturated carbocycles. The minimum atomic E-state index is -1.19. The molecule has 0 radical (unpaired) electrons. The van der Waals surface area contributed by atoms with E-state index in [0.29, 0.717) is 39.1 Å². The van der Waals surface area contributed by atoms with Crippen LogP contribution in [0.25, 0.3) is 0 Å². The lowest BCUT2D eigenvalue weighted by molar-refractivity contribution is -0.385. The number of nitro benzene ring substituents is 1. The van der Waals surface area contributed by atoms with Crippen molar-refractivity contribution < 1.29 is 23.2 Å². The Morgan fingerprint density at radius 2 is 1.87 bits per heavy atom. The van der Waals surface area contributed by atoms with Gasteiger partial charge in [-0.1, -0.05) is 0 Å². The Kier molecular flexibility index (Phi) is 6.44. The van der Waals surface area contributed by atoms with Gasteiger partial charge in [0.15, 0.2) is 5.82 Å². The SMILES string of the molecule is CC(C)(C)OC(=O)N1CCN(C2CCN(c3ccc([N+](=O)[O-])cc3F)CC2F)CC1. The van der Waals surface area contributed by atoms with Gasteiger partial charge in [0.2, 0.25) is 0 Å². The molecule has 2 saturated heterocycles. The molecule has 30 heavy (non-hydrogen) atoms. The molecule has 0 spiro atoms. The zero-order valence-electron chi connectivity index (χ0n) is 17.5. The van der Waals surface area contributed by atoms with Crippen LogP contribution in [-0.4, -0.2) is 77.9 Å². The van der Waals surface area contributed by atoms with E-state index in [4.69, 9.17) is 4.74 Å². The van der Waals surface area contributed by atoms with E-state index in [0.717, 1.165) is 6.07 Å². The van der Waals surface area contributed by atoms with Crippen LogP contribution in [0.4, 0.5) is 25.0 Å². The smallest absolute Gasteiger partial charge is 0.410 e. The summed E-state index contributed by atoms with van der Waals surface area (Å²) < 4.78 is 34.6. The van der Waals surface area contributed by atoms with E-state index in [2.05, 4.69) is 0 Å². The first-order valence-electron chi connectivity index (χ1n) is 10.1. The number of piperidine rings is 1. The van der Waals surface area contributed by atoms with Crippen LogP contribution >= 0.6 is 0 Å². The maximum absolute atomic E-state index is 15.0. The van der Waals surface area contributed by atoms with E-state index in [1.165, 1.54) is 12.1 Å². The Labute approximate surface area is 174 Å². The molecule has 1 amide bonds. The summed E-state index contributed by atoms with van der Waals surface area (Å²) in [4.78, 5) is 27.6. The molecule has 1 aromatic carbocycles. The van der Waals surface area contributed by atoms with Crippen LogP contribution in [0, 0.1) is 15.9 Å². The number of rotatable bonds is 3. The third-order valence-electron chi connectivity index (χ3n) is 5.42. The second-order valence-electron chi connectivity index (χ2n) is 8.71. The van der Waals surface area contributed by atoms with Crippen LogP contribution in [0.15, 0.2) is 18.2 Å². The molecular formula is C20H28F2N4O4. The Balaban J connectivity index is 1.55. The molecule has 2 fully saturated rings. The number of carbonyl (C=O) groups is 1. The largest absolute Gasteiger partial charge is 0.444 e. The van der Waals surface area contributed by atoms with Crippen LogP contribution in [-0.2, 0) is 4.74 Å². The molecule has 2 unspecified atom stereocenters. The third kappa shape index (κ3) is 5.16. The summed E-state index contributed by atoms with van der Waals surface area (Å²) in [6.07, 6.45) is -1.05. The van der Waals surface area contributed by atoms with Crippen LogP contribution in [0.1, 0.15) is 27.2 Å². The van der Waals surface area contributed by atoms with Gasteiger partial charge in [-0.15, -0.1) is 0 Å². The van der Waals surface area contributed by atoms with Crippen molar-refractivity contribution in [2.45, 2.75) is 45.0 Å². The Morgan fingerprint density at radius 1 is 1.20 bits per heavy atom. The molecular weight excluding hydrogens is 398 g/mol. The van der Waals surface area contributed by atoms with Crippen LogP contribution in [0.3, 0.4) is 0 Å². The van der Waals surface area contributed by atoms with Gasteiger partial charge in [0.25, 0.3) is 5.69 Å². The van der Waals surface area contributed by atoms with E-state index in [1.807, 2.05) is 25.7 Å². The van der Waals surface area contributed by atoms with E-state index in [9.17, 15) is 23.7 Å². The summed E-state index contributed by atoms with van der Waals surface area (Å²) in [5, 5.41) is 10.8. The molecule has 0 aliphatic carbocycles. The Morgan fingerprint density at radius 3 is 2.40 bits per heavy atom. The van der Waals surface area contributed by atoms with Crippen molar-refractivity contribution >= 4 is 17.5 Å². The van der Waals surface area contributed by atoms with Crippen molar-refractivity contribution in [1.29, 1.82) is 0 Å². The number of hydrogen-bond donors (Lipinski definition) is 0. The van der Waals surface area contributed by atoms with Gasteiger partial charge in [-0.3, -0.25) is 15.0 Å². The predicted molar refractivity (Wildman–Crippen MR) is 108 cm³/mol. The molecule has 0 aromatic heterocycles. The standard InChI is InChI=1S/C20H28F2N4O4/c1-20(2,3)30-19(27)24-10-8-23(9-11-24)18-6-7-25(13-16(18)22)17-5-4-14(26(28)29)12-15(17)21/h4-5,12,16,18H,6-11,13H2,1-3H3. The van der Waals surface area contributed by atoms with Crippen LogP contribution in [0.5, 0.6) is 0 Å². The maximum atomic E-state index is 15.0. The molecule has 2 heterocycles. The summed E-state index contributed by atoms with van der Waals surface area (Å²) in [6.45, 7) is 7.96. The van der Waals surface area contributed by atoms with Crippen molar-refractivity contribution in [1.82, 2.24) is 9.80 Å². The van der Waals surface area contributed by atoms with Gasteiger partial charge in [-0.05, 0) is 33.3 Å². The lowest BCUT2D eigenvalue weighted by Gasteiger charge is -2.44. The van der Waals surface area contributed by atoms with Crippen molar-refractivity contribution in [2.24, 2.45) is 0 Å². The van der Waals surface area contributed by atoms with Crippen molar-refractivity contribution in [3.8, 4) is 0 Å². The van der Waals surface area contributed by atoms with Crippen molar-refractivity contribution in [3.05, 3.63) is 34.1 Å². The number of anilines is 1. The molecule has 2 aliphatic heterocycles. The summed E-state index contributed by atoms with van der Waals surface area (Å²) >= 11 is 0. The number of benzene rings is 1. The van der Waals surface area contributed by atoms with Crippen LogP contribution < -0.4 is 4.90 Å². The van der Waals surface area contributed by atoms with Gasteiger partial charge in [-0.25, -0.2) is 13.6 Å². The predicted octanol–water partition coefficient (Wildman–Crippen LogP) is 3.20. The summed E-state index contributed by atoms with van der Waals surface area (Å²) in [6, 6.07) is 3.13. The highest BCUT2D eigenvalue weighted by Gasteiger charge is 2.37. The highest BCUT2D eigenvalue weighted by atomic mass is 19.1. The van der Waals surface area contributed by atoms with E-state index < -0.39 is 22.5 Å². The number of carbonyl (C=O) groups excluding carboxylic acids is 1. The van der Waals surface area contributed by atoms with Gasteiger partial charge >= 0.3 is 6.09 Å². The molecule has 1 aromatic rings. The number of ether oxygens (including phenoxy) is 1. The number of piperazine rings is 1. The van der Waals surface area contributed by atoms with Crippen molar-refractivity contribution in [2.75, 3.05) is 44.2 Å². The lowest BCUT2D eigenvalue weighted by Crippen LogP contribution is -2.58. The van der Waals surface area contributed by atoms with Crippen LogP contribution in [0.2, 0.25) is 0 Å². The molecule has 10 heteroatoms. The fraction of sp³-hybridized carbons (Fsp3) is 0.650.